The van der Waals surface area contributed by atoms with Crippen molar-refractivity contribution in [2.24, 2.45) is 5.92 Å². The lowest BCUT2D eigenvalue weighted by Gasteiger charge is -2.42. The predicted octanol–water partition coefficient (Wildman–Crippen LogP) is 4.35. The summed E-state index contributed by atoms with van der Waals surface area (Å²) in [5.74, 6) is 1.75. The van der Waals surface area contributed by atoms with Crippen LogP contribution in [-0.4, -0.2) is 18.7 Å². The molecule has 2 rings (SSSR count). The number of allylic oxidation sites excluding steroid dienone is 1. The molecule has 0 heterocycles. The molecule has 0 unspecified atom stereocenters. The molecule has 0 radical (unpaired) electrons. The van der Waals surface area contributed by atoms with Crippen molar-refractivity contribution >= 4 is 0 Å². The van der Waals surface area contributed by atoms with Crippen molar-refractivity contribution in [3.63, 3.8) is 0 Å². The molecule has 2 nitrogen and oxygen atoms in total. The maximum absolute atomic E-state index is 6.44. The van der Waals surface area contributed by atoms with Crippen LogP contribution in [0, 0.1) is 5.92 Å². The van der Waals surface area contributed by atoms with E-state index < -0.39 is 0 Å². The summed E-state index contributed by atoms with van der Waals surface area (Å²) in [5.41, 5.74) is 1.30. The van der Waals surface area contributed by atoms with Gasteiger partial charge < -0.3 is 10.1 Å². The Bertz CT molecular complexity index is 449. The van der Waals surface area contributed by atoms with Crippen molar-refractivity contribution in [3.8, 4) is 5.75 Å². The molecule has 1 aromatic rings. The Kier molecular flexibility index (Phi) is 5.86. The highest BCUT2D eigenvalue weighted by atomic mass is 16.5. The van der Waals surface area contributed by atoms with Crippen molar-refractivity contribution in [2.75, 3.05) is 13.1 Å². The zero-order valence-electron chi connectivity index (χ0n) is 13.5. The van der Waals surface area contributed by atoms with E-state index in [1.165, 1.54) is 24.8 Å². The van der Waals surface area contributed by atoms with Crippen LogP contribution in [0.2, 0.25) is 0 Å². The number of hydrogen-bond acceptors (Lipinski definition) is 2. The number of para-hydroxylation sites is 1. The summed E-state index contributed by atoms with van der Waals surface area (Å²) in [7, 11) is 0. The van der Waals surface area contributed by atoms with Crippen molar-refractivity contribution in [1.82, 2.24) is 5.32 Å². The number of nitrogens with one attached hydrogen (secondary N) is 1. The molecule has 2 heteroatoms. The first-order valence-corrected chi connectivity index (χ1v) is 8.24. The molecule has 1 fully saturated rings. The molecular formula is C19H29NO. The van der Waals surface area contributed by atoms with Gasteiger partial charge in [-0.25, -0.2) is 0 Å². The minimum Gasteiger partial charge on any atom is -0.487 e. The molecule has 116 valence electrons. The van der Waals surface area contributed by atoms with Crippen LogP contribution >= 0.6 is 0 Å². The molecular weight excluding hydrogens is 258 g/mol. The highest BCUT2D eigenvalue weighted by molar-refractivity contribution is 5.35. The number of hydrogen-bond donors (Lipinski definition) is 1. The van der Waals surface area contributed by atoms with Crippen molar-refractivity contribution < 1.29 is 4.74 Å². The lowest BCUT2D eigenvalue weighted by molar-refractivity contribution is -0.0149. The van der Waals surface area contributed by atoms with Gasteiger partial charge in [0.25, 0.3) is 0 Å². The summed E-state index contributed by atoms with van der Waals surface area (Å²) in [6.45, 7) is 10.5. The largest absolute Gasteiger partial charge is 0.487 e. The second-order valence-corrected chi connectivity index (χ2v) is 6.59. The molecule has 0 bridgehead atoms. The van der Waals surface area contributed by atoms with E-state index in [9.17, 15) is 0 Å². The fourth-order valence-electron chi connectivity index (χ4n) is 2.84. The molecule has 1 saturated carbocycles. The Morgan fingerprint density at radius 2 is 2.10 bits per heavy atom. The fourth-order valence-corrected chi connectivity index (χ4v) is 2.84. The Hall–Kier alpha value is -1.28. The average Bonchev–Trinajstić information content (AvgIpc) is 2.42. The smallest absolute Gasteiger partial charge is 0.123 e. The Balaban J connectivity index is 1.93. The normalized spacial score (nSPS) is 16.5. The van der Waals surface area contributed by atoms with Gasteiger partial charge in [0.2, 0.25) is 0 Å². The average molecular weight is 287 g/mol. The number of rotatable bonds is 9. The molecule has 1 aliphatic carbocycles. The van der Waals surface area contributed by atoms with Crippen LogP contribution in [-0.2, 0) is 6.42 Å². The van der Waals surface area contributed by atoms with E-state index in [4.69, 9.17) is 4.74 Å². The van der Waals surface area contributed by atoms with E-state index in [1.54, 1.807) is 0 Å². The highest BCUT2D eigenvalue weighted by Crippen LogP contribution is 2.40. The van der Waals surface area contributed by atoms with E-state index in [1.807, 2.05) is 6.08 Å². The Morgan fingerprint density at radius 3 is 2.71 bits per heavy atom. The van der Waals surface area contributed by atoms with E-state index in [0.29, 0.717) is 5.92 Å². The molecule has 0 spiro atoms. The van der Waals surface area contributed by atoms with E-state index in [0.717, 1.165) is 31.7 Å². The third-order valence-electron chi connectivity index (χ3n) is 4.24. The standard InChI is InChI=1S/C19H29NO/c1-4-8-17-9-5-6-10-18(17)21-19(11-7-12-19)13-14-20-15-16(2)3/h4-6,9-10,16,20H,1,7-8,11-15H2,2-3H3. The van der Waals surface area contributed by atoms with Crippen molar-refractivity contribution in [1.29, 1.82) is 0 Å². The van der Waals surface area contributed by atoms with Crippen LogP contribution in [0.3, 0.4) is 0 Å². The Morgan fingerprint density at radius 1 is 1.33 bits per heavy atom. The van der Waals surface area contributed by atoms with Crippen LogP contribution in [0.4, 0.5) is 0 Å². The molecule has 0 aromatic heterocycles. The zero-order chi connectivity index (χ0) is 15.1. The van der Waals surface area contributed by atoms with Crippen LogP contribution in [0.25, 0.3) is 0 Å². The quantitative estimate of drug-likeness (QED) is 0.538. The summed E-state index contributed by atoms with van der Waals surface area (Å²) in [5, 5.41) is 3.54. The van der Waals surface area contributed by atoms with Crippen molar-refractivity contribution in [2.45, 2.75) is 51.6 Å². The predicted molar refractivity (Wildman–Crippen MR) is 89.9 cm³/mol. The summed E-state index contributed by atoms with van der Waals surface area (Å²) >= 11 is 0. The van der Waals surface area contributed by atoms with Gasteiger partial charge in [0.1, 0.15) is 11.4 Å². The monoisotopic (exact) mass is 287 g/mol. The molecule has 1 aromatic carbocycles. The van der Waals surface area contributed by atoms with Crippen LogP contribution in [0.15, 0.2) is 36.9 Å². The summed E-state index contributed by atoms with van der Waals surface area (Å²) in [4.78, 5) is 0. The molecule has 0 atom stereocenters. The summed E-state index contributed by atoms with van der Waals surface area (Å²) in [6.07, 6.45) is 7.56. The maximum atomic E-state index is 6.44. The lowest BCUT2D eigenvalue weighted by atomic mass is 9.77. The zero-order valence-corrected chi connectivity index (χ0v) is 13.5. The van der Waals surface area contributed by atoms with Gasteiger partial charge in [-0.15, -0.1) is 6.58 Å². The minimum absolute atomic E-state index is 0.0568. The van der Waals surface area contributed by atoms with Gasteiger partial charge >= 0.3 is 0 Å². The van der Waals surface area contributed by atoms with Gasteiger partial charge in [-0.3, -0.25) is 0 Å². The Labute approximate surface area is 129 Å². The maximum Gasteiger partial charge on any atom is 0.123 e. The number of benzene rings is 1. The van der Waals surface area contributed by atoms with Crippen LogP contribution in [0.5, 0.6) is 5.75 Å². The first kappa shape index (κ1) is 16.1. The van der Waals surface area contributed by atoms with E-state index >= 15 is 0 Å². The molecule has 1 aliphatic rings. The SMILES string of the molecule is C=CCc1ccccc1OC1(CCNCC(C)C)CCC1. The first-order valence-electron chi connectivity index (χ1n) is 8.24. The van der Waals surface area contributed by atoms with Gasteiger partial charge in [0.05, 0.1) is 0 Å². The topological polar surface area (TPSA) is 21.3 Å². The molecule has 0 aliphatic heterocycles. The third-order valence-corrected chi connectivity index (χ3v) is 4.24. The second-order valence-electron chi connectivity index (χ2n) is 6.59. The third kappa shape index (κ3) is 4.60. The molecule has 0 saturated heterocycles. The van der Waals surface area contributed by atoms with Gasteiger partial charge in [-0.1, -0.05) is 38.1 Å². The van der Waals surface area contributed by atoms with Gasteiger partial charge in [-0.2, -0.15) is 0 Å². The lowest BCUT2D eigenvalue weighted by Crippen LogP contribution is -2.45. The molecule has 1 N–H and O–H groups in total. The fraction of sp³-hybridized carbons (Fsp3) is 0.579. The highest BCUT2D eigenvalue weighted by Gasteiger charge is 2.39. The van der Waals surface area contributed by atoms with Gasteiger partial charge in [0, 0.05) is 0 Å². The number of ether oxygens (including phenoxy) is 1. The summed E-state index contributed by atoms with van der Waals surface area (Å²) < 4.78 is 6.44. The van der Waals surface area contributed by atoms with E-state index in [2.05, 4.69) is 50.0 Å². The minimum atomic E-state index is 0.0568. The van der Waals surface area contributed by atoms with Gasteiger partial charge in [-0.05, 0) is 62.7 Å². The van der Waals surface area contributed by atoms with Gasteiger partial charge in [0.15, 0.2) is 0 Å². The first-order chi connectivity index (χ1) is 10.2. The molecule has 0 amide bonds. The summed E-state index contributed by atoms with van der Waals surface area (Å²) in [6, 6.07) is 8.37. The second kappa shape index (κ2) is 7.65. The van der Waals surface area contributed by atoms with E-state index in [-0.39, 0.29) is 5.60 Å². The molecule has 21 heavy (non-hydrogen) atoms. The van der Waals surface area contributed by atoms with Crippen LogP contribution < -0.4 is 10.1 Å². The van der Waals surface area contributed by atoms with Crippen molar-refractivity contribution in [3.05, 3.63) is 42.5 Å². The van der Waals surface area contributed by atoms with Crippen LogP contribution in [0.1, 0.15) is 45.1 Å².